The Kier molecular flexibility index (Phi) is 6.40. The molecule has 1 aromatic rings. The van der Waals surface area contributed by atoms with Gasteiger partial charge in [-0.2, -0.15) is 0 Å². The van der Waals surface area contributed by atoms with Crippen molar-refractivity contribution >= 4 is 22.9 Å². The van der Waals surface area contributed by atoms with Crippen LogP contribution in [0.2, 0.25) is 4.34 Å². The molecule has 1 aromatic heterocycles. The van der Waals surface area contributed by atoms with Crippen molar-refractivity contribution in [1.29, 1.82) is 0 Å². The highest BCUT2D eigenvalue weighted by Crippen LogP contribution is 2.25. The standard InChI is InChI=1S/C13H22ClNS/c1-3-5-10(6-4-2)12(15)9-11-7-8-13(14)16-11/h7-8,10,12H,3-6,9,15H2,1-2H3. The van der Waals surface area contributed by atoms with Gasteiger partial charge < -0.3 is 5.73 Å². The first-order valence-electron chi connectivity index (χ1n) is 6.17. The molecule has 0 aromatic carbocycles. The molecule has 0 amide bonds. The number of hydrogen-bond acceptors (Lipinski definition) is 2. The van der Waals surface area contributed by atoms with Crippen molar-refractivity contribution in [3.8, 4) is 0 Å². The van der Waals surface area contributed by atoms with E-state index in [2.05, 4.69) is 19.9 Å². The number of nitrogens with two attached hydrogens (primary N) is 1. The van der Waals surface area contributed by atoms with Crippen LogP contribution in [0, 0.1) is 5.92 Å². The van der Waals surface area contributed by atoms with Crippen LogP contribution in [0.25, 0.3) is 0 Å². The van der Waals surface area contributed by atoms with Crippen molar-refractivity contribution in [3.63, 3.8) is 0 Å². The Morgan fingerprint density at radius 3 is 2.31 bits per heavy atom. The van der Waals surface area contributed by atoms with E-state index in [4.69, 9.17) is 17.3 Å². The lowest BCUT2D eigenvalue weighted by molar-refractivity contribution is 0.361. The smallest absolute Gasteiger partial charge is 0.0931 e. The van der Waals surface area contributed by atoms with E-state index in [0.29, 0.717) is 5.92 Å². The molecule has 3 heteroatoms. The van der Waals surface area contributed by atoms with E-state index >= 15 is 0 Å². The second kappa shape index (κ2) is 7.31. The molecule has 2 N–H and O–H groups in total. The van der Waals surface area contributed by atoms with Gasteiger partial charge in [0, 0.05) is 10.9 Å². The number of halogens is 1. The van der Waals surface area contributed by atoms with Crippen LogP contribution >= 0.6 is 22.9 Å². The molecular weight excluding hydrogens is 238 g/mol. The lowest BCUT2D eigenvalue weighted by atomic mass is 9.89. The molecule has 0 saturated heterocycles. The zero-order valence-corrected chi connectivity index (χ0v) is 11.8. The first kappa shape index (κ1) is 14.0. The topological polar surface area (TPSA) is 26.0 Å². The second-order valence-corrected chi connectivity index (χ2v) is 6.21. The van der Waals surface area contributed by atoms with Crippen molar-refractivity contribution in [2.24, 2.45) is 11.7 Å². The summed E-state index contributed by atoms with van der Waals surface area (Å²) in [7, 11) is 0. The first-order chi connectivity index (χ1) is 7.67. The minimum Gasteiger partial charge on any atom is -0.327 e. The van der Waals surface area contributed by atoms with Crippen LogP contribution in [0.4, 0.5) is 0 Å². The Morgan fingerprint density at radius 1 is 1.25 bits per heavy atom. The predicted octanol–water partition coefficient (Wildman–Crippen LogP) is 4.49. The monoisotopic (exact) mass is 259 g/mol. The molecule has 1 atom stereocenters. The number of thiophene rings is 1. The van der Waals surface area contributed by atoms with Gasteiger partial charge in [0.2, 0.25) is 0 Å². The molecule has 16 heavy (non-hydrogen) atoms. The highest BCUT2D eigenvalue weighted by molar-refractivity contribution is 7.16. The van der Waals surface area contributed by atoms with E-state index in [9.17, 15) is 0 Å². The summed E-state index contributed by atoms with van der Waals surface area (Å²) in [6.07, 6.45) is 5.91. The van der Waals surface area contributed by atoms with Gasteiger partial charge in [0.05, 0.1) is 4.34 Å². The van der Waals surface area contributed by atoms with Crippen LogP contribution in [0.1, 0.15) is 44.4 Å². The fourth-order valence-corrected chi connectivity index (χ4v) is 3.33. The molecule has 1 rings (SSSR count). The molecular formula is C13H22ClNS. The maximum Gasteiger partial charge on any atom is 0.0931 e. The molecule has 0 aliphatic carbocycles. The lowest BCUT2D eigenvalue weighted by Gasteiger charge is -2.22. The van der Waals surface area contributed by atoms with Crippen LogP contribution in [0.5, 0.6) is 0 Å². The normalized spacial score (nSPS) is 13.3. The fourth-order valence-electron chi connectivity index (χ4n) is 2.17. The van der Waals surface area contributed by atoms with Gasteiger partial charge in [0.25, 0.3) is 0 Å². The maximum atomic E-state index is 6.29. The van der Waals surface area contributed by atoms with Gasteiger partial charge in [-0.15, -0.1) is 11.3 Å². The van der Waals surface area contributed by atoms with Crippen molar-refractivity contribution in [3.05, 3.63) is 21.3 Å². The fraction of sp³-hybridized carbons (Fsp3) is 0.692. The molecule has 1 nitrogen and oxygen atoms in total. The van der Waals surface area contributed by atoms with E-state index in [1.807, 2.05) is 6.07 Å². The average Bonchev–Trinajstić information content (AvgIpc) is 2.63. The molecule has 0 saturated carbocycles. The Morgan fingerprint density at radius 2 is 1.88 bits per heavy atom. The lowest BCUT2D eigenvalue weighted by Crippen LogP contribution is -2.32. The van der Waals surface area contributed by atoms with Crippen LogP contribution in [0.15, 0.2) is 12.1 Å². The highest BCUT2D eigenvalue weighted by atomic mass is 35.5. The summed E-state index contributed by atoms with van der Waals surface area (Å²) in [6, 6.07) is 4.35. The summed E-state index contributed by atoms with van der Waals surface area (Å²) in [5.74, 6) is 0.663. The molecule has 1 heterocycles. The van der Waals surface area contributed by atoms with Gasteiger partial charge in [-0.3, -0.25) is 0 Å². The molecule has 92 valence electrons. The summed E-state index contributed by atoms with van der Waals surface area (Å²) in [5, 5.41) is 0. The minimum atomic E-state index is 0.287. The van der Waals surface area contributed by atoms with E-state index in [0.717, 1.165) is 10.8 Å². The Bertz CT molecular complexity index is 292. The van der Waals surface area contributed by atoms with Gasteiger partial charge in [-0.1, -0.05) is 38.3 Å². The highest BCUT2D eigenvalue weighted by Gasteiger charge is 2.17. The second-order valence-electron chi connectivity index (χ2n) is 4.41. The summed E-state index contributed by atoms with van der Waals surface area (Å²) >= 11 is 7.58. The third kappa shape index (κ3) is 4.44. The molecule has 0 aliphatic heterocycles. The Labute approximate surface area is 108 Å². The maximum absolute atomic E-state index is 6.29. The van der Waals surface area contributed by atoms with Crippen molar-refractivity contribution < 1.29 is 0 Å². The van der Waals surface area contributed by atoms with Crippen LogP contribution in [-0.2, 0) is 6.42 Å². The summed E-state index contributed by atoms with van der Waals surface area (Å²) in [6.45, 7) is 4.47. The molecule has 0 radical (unpaired) electrons. The molecule has 0 bridgehead atoms. The number of rotatable bonds is 7. The quantitative estimate of drug-likeness (QED) is 0.767. The predicted molar refractivity (Wildman–Crippen MR) is 74.3 cm³/mol. The Balaban J connectivity index is 2.50. The van der Waals surface area contributed by atoms with Crippen LogP contribution < -0.4 is 5.73 Å². The SMILES string of the molecule is CCCC(CCC)C(N)Cc1ccc(Cl)s1. The zero-order valence-electron chi connectivity index (χ0n) is 10.2. The molecule has 1 unspecified atom stereocenters. The summed E-state index contributed by atoms with van der Waals surface area (Å²) in [4.78, 5) is 1.31. The van der Waals surface area contributed by atoms with Crippen LogP contribution in [-0.4, -0.2) is 6.04 Å². The van der Waals surface area contributed by atoms with E-state index < -0.39 is 0 Å². The van der Waals surface area contributed by atoms with E-state index in [1.165, 1.54) is 30.6 Å². The average molecular weight is 260 g/mol. The van der Waals surface area contributed by atoms with Gasteiger partial charge in [0.15, 0.2) is 0 Å². The Hall–Kier alpha value is -0.0500. The summed E-state index contributed by atoms with van der Waals surface area (Å²) in [5.41, 5.74) is 6.29. The largest absolute Gasteiger partial charge is 0.327 e. The molecule has 0 fully saturated rings. The summed E-state index contributed by atoms with van der Waals surface area (Å²) < 4.78 is 0.865. The van der Waals surface area contributed by atoms with Crippen molar-refractivity contribution in [1.82, 2.24) is 0 Å². The van der Waals surface area contributed by atoms with E-state index in [-0.39, 0.29) is 6.04 Å². The van der Waals surface area contributed by atoms with Gasteiger partial charge in [-0.05, 0) is 37.3 Å². The molecule has 0 spiro atoms. The third-order valence-corrected chi connectivity index (χ3v) is 4.24. The van der Waals surface area contributed by atoms with Crippen LogP contribution in [0.3, 0.4) is 0 Å². The number of hydrogen-bond donors (Lipinski definition) is 1. The van der Waals surface area contributed by atoms with Crippen molar-refractivity contribution in [2.75, 3.05) is 0 Å². The van der Waals surface area contributed by atoms with Gasteiger partial charge in [0.1, 0.15) is 0 Å². The van der Waals surface area contributed by atoms with Gasteiger partial charge >= 0.3 is 0 Å². The minimum absolute atomic E-state index is 0.287. The van der Waals surface area contributed by atoms with Gasteiger partial charge in [-0.25, -0.2) is 0 Å². The first-order valence-corrected chi connectivity index (χ1v) is 7.36. The third-order valence-electron chi connectivity index (χ3n) is 2.99. The molecule has 0 aliphatic rings. The van der Waals surface area contributed by atoms with E-state index in [1.54, 1.807) is 11.3 Å². The van der Waals surface area contributed by atoms with Crippen molar-refractivity contribution in [2.45, 2.75) is 52.0 Å². The zero-order chi connectivity index (χ0) is 12.0.